The molecule has 1 aliphatic heterocycles. The summed E-state index contributed by atoms with van der Waals surface area (Å²) in [6, 6.07) is 3.99. The van der Waals surface area contributed by atoms with Crippen LogP contribution in [0.15, 0.2) is 18.2 Å². The maximum Gasteiger partial charge on any atom is 0.130 e. The Morgan fingerprint density at radius 3 is 2.42 bits per heavy atom. The molecule has 4 heteroatoms. The number of benzene rings is 1. The molecule has 2 nitrogen and oxygen atoms in total. The molecule has 0 bridgehead atoms. The van der Waals surface area contributed by atoms with Crippen molar-refractivity contribution in [2.24, 2.45) is 0 Å². The van der Waals surface area contributed by atoms with Gasteiger partial charge in [0.2, 0.25) is 0 Å². The van der Waals surface area contributed by atoms with Crippen molar-refractivity contribution < 1.29 is 8.78 Å². The number of nitrogens with zero attached hydrogens (tertiary/aromatic N) is 1. The third kappa shape index (κ3) is 4.55. The van der Waals surface area contributed by atoms with Crippen LogP contribution in [0.5, 0.6) is 0 Å². The third-order valence-electron chi connectivity index (χ3n) is 3.64. The average molecular weight is 268 g/mol. The first-order valence-electron chi connectivity index (χ1n) is 7.13. The number of nitrogens with one attached hydrogen (secondary N) is 1. The van der Waals surface area contributed by atoms with Crippen LogP contribution in [0.4, 0.5) is 8.78 Å². The van der Waals surface area contributed by atoms with Gasteiger partial charge in [-0.2, -0.15) is 0 Å². The molecule has 0 radical (unpaired) electrons. The van der Waals surface area contributed by atoms with E-state index in [0.717, 1.165) is 19.5 Å². The van der Waals surface area contributed by atoms with E-state index in [1.807, 2.05) is 0 Å². The first-order chi connectivity index (χ1) is 9.27. The molecule has 2 rings (SSSR count). The molecule has 1 aliphatic rings. The van der Waals surface area contributed by atoms with Gasteiger partial charge in [0.15, 0.2) is 0 Å². The summed E-state index contributed by atoms with van der Waals surface area (Å²) in [4.78, 5) is 2.47. The number of hydrogen-bond donors (Lipinski definition) is 1. The molecule has 1 saturated heterocycles. The highest BCUT2D eigenvalue weighted by Crippen LogP contribution is 2.11. The lowest BCUT2D eigenvalue weighted by Gasteiger charge is -2.26. The zero-order chi connectivity index (χ0) is 13.5. The summed E-state index contributed by atoms with van der Waals surface area (Å²) in [7, 11) is 0. The van der Waals surface area contributed by atoms with E-state index in [4.69, 9.17) is 0 Å². The first kappa shape index (κ1) is 14.4. The van der Waals surface area contributed by atoms with E-state index >= 15 is 0 Å². The van der Waals surface area contributed by atoms with Crippen LogP contribution in [0.1, 0.15) is 31.2 Å². The van der Waals surface area contributed by atoms with Crippen LogP contribution >= 0.6 is 0 Å². The summed E-state index contributed by atoms with van der Waals surface area (Å²) >= 11 is 0. The van der Waals surface area contributed by atoms with Gasteiger partial charge in [-0.25, -0.2) is 8.78 Å². The highest BCUT2D eigenvalue weighted by molar-refractivity contribution is 5.19. The van der Waals surface area contributed by atoms with Gasteiger partial charge in [0, 0.05) is 12.1 Å². The van der Waals surface area contributed by atoms with Crippen molar-refractivity contribution in [3.8, 4) is 0 Å². The van der Waals surface area contributed by atoms with Gasteiger partial charge >= 0.3 is 0 Å². The summed E-state index contributed by atoms with van der Waals surface area (Å²) in [5, 5.41) is 3.12. The smallest absolute Gasteiger partial charge is 0.130 e. The normalized spacial score (nSPS) is 16.7. The number of piperidine rings is 1. The van der Waals surface area contributed by atoms with Gasteiger partial charge in [-0.1, -0.05) is 12.5 Å². The van der Waals surface area contributed by atoms with Gasteiger partial charge in [-0.05, 0) is 57.6 Å². The monoisotopic (exact) mass is 268 g/mol. The topological polar surface area (TPSA) is 15.3 Å². The van der Waals surface area contributed by atoms with Crippen LogP contribution in [0.2, 0.25) is 0 Å². The van der Waals surface area contributed by atoms with Crippen molar-refractivity contribution in [2.45, 2.75) is 32.2 Å². The van der Waals surface area contributed by atoms with E-state index in [2.05, 4.69) is 10.2 Å². The van der Waals surface area contributed by atoms with Crippen molar-refractivity contribution in [3.05, 3.63) is 35.4 Å². The van der Waals surface area contributed by atoms with Crippen LogP contribution in [0.3, 0.4) is 0 Å². The minimum atomic E-state index is -0.469. The first-order valence-corrected chi connectivity index (χ1v) is 7.13. The van der Waals surface area contributed by atoms with E-state index in [0.29, 0.717) is 0 Å². The highest BCUT2D eigenvalue weighted by atomic mass is 19.1. The zero-order valence-corrected chi connectivity index (χ0v) is 11.3. The van der Waals surface area contributed by atoms with E-state index < -0.39 is 11.6 Å². The summed E-state index contributed by atoms with van der Waals surface area (Å²) in [5.74, 6) is -0.938. The third-order valence-corrected chi connectivity index (χ3v) is 3.64. The fraction of sp³-hybridized carbons (Fsp3) is 0.600. The molecule has 106 valence electrons. The Kier molecular flexibility index (Phi) is 5.73. The van der Waals surface area contributed by atoms with Crippen molar-refractivity contribution in [1.29, 1.82) is 0 Å². The SMILES string of the molecule is Fc1cccc(F)c1CNCCCN1CCCCC1. The maximum absolute atomic E-state index is 13.4. The number of hydrogen-bond acceptors (Lipinski definition) is 2. The second kappa shape index (κ2) is 7.56. The predicted octanol–water partition coefficient (Wildman–Crippen LogP) is 2.93. The van der Waals surface area contributed by atoms with E-state index in [9.17, 15) is 8.78 Å². The zero-order valence-electron chi connectivity index (χ0n) is 11.3. The highest BCUT2D eigenvalue weighted by Gasteiger charge is 2.09. The van der Waals surface area contributed by atoms with Gasteiger partial charge in [0.1, 0.15) is 11.6 Å². The molecule has 1 aromatic rings. The fourth-order valence-electron chi connectivity index (χ4n) is 2.53. The summed E-state index contributed by atoms with van der Waals surface area (Å²) < 4.78 is 26.7. The van der Waals surface area contributed by atoms with Gasteiger partial charge in [-0.15, -0.1) is 0 Å². The molecule has 1 heterocycles. The molecule has 0 saturated carbocycles. The molecule has 0 unspecified atom stereocenters. The molecule has 0 amide bonds. The molecular weight excluding hydrogens is 246 g/mol. The summed E-state index contributed by atoms with van der Waals surface area (Å²) in [6.07, 6.45) is 4.97. The van der Waals surface area contributed by atoms with Gasteiger partial charge in [0.25, 0.3) is 0 Å². The van der Waals surface area contributed by atoms with Crippen LogP contribution < -0.4 is 5.32 Å². The molecule has 0 spiro atoms. The minimum Gasteiger partial charge on any atom is -0.312 e. The molecule has 0 aromatic heterocycles. The van der Waals surface area contributed by atoms with Crippen molar-refractivity contribution in [3.63, 3.8) is 0 Å². The fourth-order valence-corrected chi connectivity index (χ4v) is 2.53. The van der Waals surface area contributed by atoms with Crippen LogP contribution in [-0.2, 0) is 6.54 Å². The van der Waals surface area contributed by atoms with Gasteiger partial charge < -0.3 is 10.2 Å². The number of halogens is 2. The van der Waals surface area contributed by atoms with Gasteiger partial charge in [-0.3, -0.25) is 0 Å². The van der Waals surface area contributed by atoms with Crippen LogP contribution in [0, 0.1) is 11.6 Å². The maximum atomic E-state index is 13.4. The lowest BCUT2D eigenvalue weighted by molar-refractivity contribution is 0.225. The van der Waals surface area contributed by atoms with Crippen LogP contribution in [0.25, 0.3) is 0 Å². The largest absolute Gasteiger partial charge is 0.312 e. The standard InChI is InChI=1S/C15H22F2N2/c16-14-6-4-7-15(17)13(14)12-18-8-5-11-19-9-2-1-3-10-19/h4,6-7,18H,1-3,5,8-12H2. The van der Waals surface area contributed by atoms with Crippen LogP contribution in [-0.4, -0.2) is 31.1 Å². The lowest BCUT2D eigenvalue weighted by atomic mass is 10.1. The summed E-state index contributed by atoms with van der Waals surface area (Å²) in [6.45, 7) is 4.53. The molecule has 0 aliphatic carbocycles. The lowest BCUT2D eigenvalue weighted by Crippen LogP contribution is -2.32. The number of rotatable bonds is 6. The molecule has 1 N–H and O–H groups in total. The molecule has 1 fully saturated rings. The number of likely N-dealkylation sites (tertiary alicyclic amines) is 1. The van der Waals surface area contributed by atoms with Gasteiger partial charge in [0.05, 0.1) is 0 Å². The Balaban J connectivity index is 1.63. The molecular formula is C15H22F2N2. The minimum absolute atomic E-state index is 0.139. The van der Waals surface area contributed by atoms with Crippen molar-refractivity contribution in [2.75, 3.05) is 26.2 Å². The van der Waals surface area contributed by atoms with E-state index in [-0.39, 0.29) is 12.1 Å². The Hall–Kier alpha value is -1.00. The Bertz CT molecular complexity index is 369. The quantitative estimate of drug-likeness (QED) is 0.798. The molecule has 0 atom stereocenters. The van der Waals surface area contributed by atoms with E-state index in [1.54, 1.807) is 0 Å². The second-order valence-electron chi connectivity index (χ2n) is 5.13. The van der Waals surface area contributed by atoms with Crippen molar-refractivity contribution >= 4 is 0 Å². The van der Waals surface area contributed by atoms with Crippen molar-refractivity contribution in [1.82, 2.24) is 10.2 Å². The van der Waals surface area contributed by atoms with E-state index in [1.165, 1.54) is 50.6 Å². The summed E-state index contributed by atoms with van der Waals surface area (Å²) in [5.41, 5.74) is 0.139. The molecule has 1 aromatic carbocycles. The predicted molar refractivity (Wildman–Crippen MR) is 73.0 cm³/mol. The molecule has 19 heavy (non-hydrogen) atoms. The second-order valence-corrected chi connectivity index (χ2v) is 5.13. The Labute approximate surface area is 113 Å². The Morgan fingerprint density at radius 1 is 1.05 bits per heavy atom. The average Bonchev–Trinajstić information content (AvgIpc) is 2.42. The Morgan fingerprint density at radius 2 is 1.74 bits per heavy atom.